The number of para-hydroxylation sites is 4. The van der Waals surface area contributed by atoms with E-state index >= 15 is 4.57 Å². The molecule has 12 aromatic rings. The number of hydrogen-bond donors (Lipinski definition) is 0. The summed E-state index contributed by atoms with van der Waals surface area (Å²) in [5.74, 6) is 0. The molecule has 0 N–H and O–H groups in total. The lowest BCUT2D eigenvalue weighted by atomic mass is 9.96. The van der Waals surface area contributed by atoms with Gasteiger partial charge in [-0.25, -0.2) is 4.98 Å². The minimum atomic E-state index is -3.35. The van der Waals surface area contributed by atoms with E-state index in [1.54, 1.807) is 0 Å². The standard InChI is InChI=1S/C53H34N3OP/c57-58(40-13-2-1-3-14-40,56-48-19-9-6-16-43(48)44-17-7-10-20-49(44)56)41-30-26-36(27-31-41)35-22-24-37(25-23-35)39-29-32-45-46-33-28-38-12-4-5-15-42(38)52(46)53-54-47-18-8-11-21-50(47)55(53)51(45)34-39/h1-34H. The van der Waals surface area contributed by atoms with Gasteiger partial charge in [0.1, 0.15) is 5.65 Å². The predicted octanol–water partition coefficient (Wildman–Crippen LogP) is 13.2. The summed E-state index contributed by atoms with van der Waals surface area (Å²) in [6.07, 6.45) is 0. The summed E-state index contributed by atoms with van der Waals surface area (Å²) in [6.45, 7) is 0. The van der Waals surface area contributed by atoms with Crippen LogP contribution in [0.4, 0.5) is 0 Å². The van der Waals surface area contributed by atoms with E-state index in [2.05, 4.69) is 173 Å². The lowest BCUT2D eigenvalue weighted by Crippen LogP contribution is -2.21. The molecule has 4 nitrogen and oxygen atoms in total. The summed E-state index contributed by atoms with van der Waals surface area (Å²) < 4.78 is 20.3. The average molecular weight is 760 g/mol. The lowest BCUT2D eigenvalue weighted by molar-refractivity contribution is 0.583. The molecule has 12 rings (SSSR count). The molecular weight excluding hydrogens is 726 g/mol. The zero-order valence-corrected chi connectivity index (χ0v) is 32.2. The third-order valence-electron chi connectivity index (χ3n) is 12.0. The van der Waals surface area contributed by atoms with E-state index in [0.717, 1.165) is 76.9 Å². The first-order chi connectivity index (χ1) is 28.6. The van der Waals surface area contributed by atoms with Crippen molar-refractivity contribution in [2.75, 3.05) is 0 Å². The van der Waals surface area contributed by atoms with E-state index in [4.69, 9.17) is 4.98 Å². The largest absolute Gasteiger partial charge is 0.292 e. The van der Waals surface area contributed by atoms with E-state index < -0.39 is 7.29 Å². The highest BCUT2D eigenvalue weighted by molar-refractivity contribution is 7.77. The Balaban J connectivity index is 0.958. The van der Waals surface area contributed by atoms with E-state index in [-0.39, 0.29) is 0 Å². The Hall–Kier alpha value is -7.26. The van der Waals surface area contributed by atoms with Gasteiger partial charge in [0.2, 0.25) is 7.29 Å². The molecule has 0 fully saturated rings. The van der Waals surface area contributed by atoms with Crippen molar-refractivity contribution in [2.24, 2.45) is 0 Å². The molecule has 272 valence electrons. The maximum absolute atomic E-state index is 15.9. The first-order valence-corrected chi connectivity index (χ1v) is 21.3. The number of fused-ring (bicyclic) bond motifs is 13. The van der Waals surface area contributed by atoms with Crippen molar-refractivity contribution in [1.82, 2.24) is 13.7 Å². The number of pyridine rings is 1. The Morgan fingerprint density at radius 3 is 1.59 bits per heavy atom. The van der Waals surface area contributed by atoms with Crippen LogP contribution in [0.2, 0.25) is 0 Å². The van der Waals surface area contributed by atoms with Crippen molar-refractivity contribution in [2.45, 2.75) is 0 Å². The van der Waals surface area contributed by atoms with Crippen molar-refractivity contribution >= 4 is 88.8 Å². The second kappa shape index (κ2) is 12.6. The number of benzene rings is 9. The van der Waals surface area contributed by atoms with Crippen LogP contribution >= 0.6 is 7.29 Å². The third kappa shape index (κ3) is 4.76. The predicted molar refractivity (Wildman–Crippen MR) is 244 cm³/mol. The molecule has 0 aliphatic carbocycles. The van der Waals surface area contributed by atoms with Gasteiger partial charge in [0, 0.05) is 32.2 Å². The summed E-state index contributed by atoms with van der Waals surface area (Å²) in [4.78, 5) is 5.21. The average Bonchev–Trinajstić information content (AvgIpc) is 3.86. The first-order valence-electron chi connectivity index (χ1n) is 19.7. The minimum Gasteiger partial charge on any atom is -0.292 e. The van der Waals surface area contributed by atoms with Gasteiger partial charge in [-0.05, 0) is 93.0 Å². The molecule has 0 bridgehead atoms. The summed E-state index contributed by atoms with van der Waals surface area (Å²) >= 11 is 0. The van der Waals surface area contributed by atoms with Crippen LogP contribution in [0, 0.1) is 0 Å². The smallest absolute Gasteiger partial charge is 0.234 e. The Morgan fingerprint density at radius 2 is 0.879 bits per heavy atom. The molecular formula is C53H34N3OP. The highest BCUT2D eigenvalue weighted by Crippen LogP contribution is 2.51. The molecule has 0 aliphatic heterocycles. The number of nitrogens with zero attached hydrogens (tertiary/aromatic N) is 3. The Bertz CT molecular complexity index is 3590. The summed E-state index contributed by atoms with van der Waals surface area (Å²) in [6, 6.07) is 71.9. The Kier molecular flexibility index (Phi) is 7.17. The maximum atomic E-state index is 15.9. The minimum absolute atomic E-state index is 0.792. The van der Waals surface area contributed by atoms with E-state index in [1.807, 2.05) is 42.5 Å². The molecule has 3 aromatic heterocycles. The summed E-state index contributed by atoms with van der Waals surface area (Å²) in [7, 11) is -3.35. The number of aromatic nitrogens is 3. The molecule has 9 aromatic carbocycles. The summed E-state index contributed by atoms with van der Waals surface area (Å²) in [5, 5.41) is 9.80. The van der Waals surface area contributed by atoms with Gasteiger partial charge < -0.3 is 0 Å². The van der Waals surface area contributed by atoms with Gasteiger partial charge in [-0.3, -0.25) is 13.3 Å². The van der Waals surface area contributed by atoms with Crippen molar-refractivity contribution in [3.8, 4) is 22.3 Å². The molecule has 0 spiro atoms. The van der Waals surface area contributed by atoms with Crippen LogP contribution in [0.15, 0.2) is 206 Å². The van der Waals surface area contributed by atoms with Crippen LogP contribution in [-0.2, 0) is 4.57 Å². The normalized spacial score (nSPS) is 13.0. The molecule has 0 saturated carbocycles. The molecule has 1 atom stereocenters. The van der Waals surface area contributed by atoms with Crippen LogP contribution in [0.1, 0.15) is 0 Å². The topological polar surface area (TPSA) is 39.3 Å². The van der Waals surface area contributed by atoms with Gasteiger partial charge in [-0.1, -0.05) is 152 Å². The zero-order chi connectivity index (χ0) is 38.4. The van der Waals surface area contributed by atoms with Gasteiger partial charge >= 0.3 is 0 Å². The van der Waals surface area contributed by atoms with Gasteiger partial charge in [-0.2, -0.15) is 0 Å². The lowest BCUT2D eigenvalue weighted by Gasteiger charge is -2.23. The second-order valence-electron chi connectivity index (χ2n) is 15.1. The molecule has 0 saturated heterocycles. The van der Waals surface area contributed by atoms with Gasteiger partial charge in [0.05, 0.1) is 27.6 Å². The van der Waals surface area contributed by atoms with Gasteiger partial charge in [-0.15, -0.1) is 0 Å². The number of rotatable bonds is 5. The highest BCUT2D eigenvalue weighted by Gasteiger charge is 2.33. The van der Waals surface area contributed by atoms with Crippen molar-refractivity contribution in [1.29, 1.82) is 0 Å². The first kappa shape index (κ1) is 32.9. The molecule has 0 radical (unpaired) electrons. The highest BCUT2D eigenvalue weighted by atomic mass is 31.2. The Labute approximate surface area is 334 Å². The van der Waals surface area contributed by atoms with E-state index in [9.17, 15) is 0 Å². The number of imidazole rings is 1. The van der Waals surface area contributed by atoms with Crippen LogP contribution in [0.25, 0.3) is 93.2 Å². The van der Waals surface area contributed by atoms with Crippen molar-refractivity contribution < 1.29 is 4.57 Å². The fourth-order valence-electron chi connectivity index (χ4n) is 9.22. The third-order valence-corrected chi connectivity index (χ3v) is 14.9. The molecule has 58 heavy (non-hydrogen) atoms. The van der Waals surface area contributed by atoms with E-state index in [0.29, 0.717) is 0 Å². The van der Waals surface area contributed by atoms with E-state index in [1.165, 1.54) is 26.9 Å². The second-order valence-corrected chi connectivity index (χ2v) is 17.7. The molecule has 3 heterocycles. The van der Waals surface area contributed by atoms with Crippen LogP contribution in [0.5, 0.6) is 0 Å². The maximum Gasteiger partial charge on any atom is 0.234 e. The fourth-order valence-corrected chi connectivity index (χ4v) is 12.1. The molecule has 0 amide bonds. The quantitative estimate of drug-likeness (QED) is 0.129. The summed E-state index contributed by atoms with van der Waals surface area (Å²) in [5.41, 5.74) is 10.6. The van der Waals surface area contributed by atoms with Gasteiger partial charge in [0.25, 0.3) is 0 Å². The Morgan fingerprint density at radius 1 is 0.379 bits per heavy atom. The van der Waals surface area contributed by atoms with Crippen molar-refractivity contribution in [3.05, 3.63) is 206 Å². The SMILES string of the molecule is O=P(c1ccccc1)(c1ccc(-c2ccc(-c3ccc4c5ccc6ccccc6c5c5nc6ccccc6n5c4c3)cc2)cc1)n1c2ccccc2c2ccccc21. The van der Waals surface area contributed by atoms with Crippen molar-refractivity contribution in [3.63, 3.8) is 0 Å². The molecule has 5 heteroatoms. The molecule has 0 aliphatic rings. The fraction of sp³-hybridized carbons (Fsp3) is 0. The zero-order valence-electron chi connectivity index (χ0n) is 31.3. The van der Waals surface area contributed by atoms with Crippen LogP contribution < -0.4 is 10.6 Å². The van der Waals surface area contributed by atoms with Gasteiger partial charge in [0.15, 0.2) is 0 Å². The monoisotopic (exact) mass is 759 g/mol. The van der Waals surface area contributed by atoms with Crippen LogP contribution in [0.3, 0.4) is 0 Å². The van der Waals surface area contributed by atoms with Crippen LogP contribution in [-0.4, -0.2) is 13.7 Å². The molecule has 1 unspecified atom stereocenters. The number of hydrogen-bond acceptors (Lipinski definition) is 2.